The summed E-state index contributed by atoms with van der Waals surface area (Å²) < 4.78 is 0. The van der Waals surface area contributed by atoms with E-state index < -0.39 is 4.92 Å². The summed E-state index contributed by atoms with van der Waals surface area (Å²) in [6, 6.07) is 6.51. The quantitative estimate of drug-likeness (QED) is 0.657. The van der Waals surface area contributed by atoms with Gasteiger partial charge in [0, 0.05) is 24.1 Å². The van der Waals surface area contributed by atoms with E-state index in [1.807, 2.05) is 6.92 Å². The molecule has 122 valence electrons. The first-order valence-corrected chi connectivity index (χ1v) is 7.25. The summed E-state index contributed by atoms with van der Waals surface area (Å²) in [5.74, 6) is 0.0461. The molecule has 1 amide bonds. The molecule has 1 heterocycles. The summed E-state index contributed by atoms with van der Waals surface area (Å²) in [4.78, 5) is 22.6. The minimum atomic E-state index is -0.424. The Morgan fingerprint density at radius 3 is 2.86 bits per heavy atom. The molecule has 0 aliphatic carbocycles. The summed E-state index contributed by atoms with van der Waals surface area (Å²) in [5.41, 5.74) is 0.795. The number of hydrogen-bond donors (Lipinski definition) is 2. The number of carbonyl (C=O) groups excluding carboxylic acids is 1. The molecule has 22 heavy (non-hydrogen) atoms. The number of halogens is 1. The highest BCUT2D eigenvalue weighted by molar-refractivity contribution is 5.85. The Balaban J connectivity index is 0.00000242. The van der Waals surface area contributed by atoms with Gasteiger partial charge >= 0.3 is 0 Å². The minimum absolute atomic E-state index is 0. The van der Waals surface area contributed by atoms with Crippen molar-refractivity contribution in [2.45, 2.75) is 38.8 Å². The van der Waals surface area contributed by atoms with Crippen LogP contribution >= 0.6 is 12.4 Å². The standard InChI is InChI=1S/C15H21N3O3.ClH/c1-10-8-13(6-7-16-10)15(19)17-11(2)12-4-3-5-14(9-12)18(20)21;/h3-5,9-11,13,16H,6-8H2,1-2H3,(H,17,19);1H/t10-,11?,13-;/m0./s1. The van der Waals surface area contributed by atoms with Gasteiger partial charge in [-0.2, -0.15) is 0 Å². The zero-order valence-electron chi connectivity index (χ0n) is 12.7. The summed E-state index contributed by atoms with van der Waals surface area (Å²) in [6.07, 6.45) is 1.66. The van der Waals surface area contributed by atoms with Crippen LogP contribution in [0.25, 0.3) is 0 Å². The summed E-state index contributed by atoms with van der Waals surface area (Å²) >= 11 is 0. The van der Waals surface area contributed by atoms with Gasteiger partial charge in [-0.25, -0.2) is 0 Å². The number of carbonyl (C=O) groups is 1. The van der Waals surface area contributed by atoms with Crippen LogP contribution in [0, 0.1) is 16.0 Å². The van der Waals surface area contributed by atoms with E-state index in [1.54, 1.807) is 12.1 Å². The second-order valence-corrected chi connectivity index (χ2v) is 5.66. The maximum absolute atomic E-state index is 12.3. The third-order valence-corrected chi connectivity index (χ3v) is 3.93. The molecule has 1 fully saturated rings. The highest BCUT2D eigenvalue weighted by Crippen LogP contribution is 2.21. The van der Waals surface area contributed by atoms with Crippen LogP contribution in [0.3, 0.4) is 0 Å². The molecule has 7 heteroatoms. The first kappa shape index (κ1) is 18.4. The Labute approximate surface area is 136 Å². The zero-order chi connectivity index (χ0) is 15.4. The lowest BCUT2D eigenvalue weighted by Gasteiger charge is -2.28. The smallest absolute Gasteiger partial charge is 0.269 e. The lowest BCUT2D eigenvalue weighted by Crippen LogP contribution is -2.42. The Morgan fingerprint density at radius 1 is 1.50 bits per heavy atom. The Kier molecular flexibility index (Phi) is 6.77. The minimum Gasteiger partial charge on any atom is -0.349 e. The van der Waals surface area contributed by atoms with Crippen molar-refractivity contribution in [1.29, 1.82) is 0 Å². The summed E-state index contributed by atoms with van der Waals surface area (Å²) in [6.45, 7) is 4.77. The van der Waals surface area contributed by atoms with Gasteiger partial charge in [0.1, 0.15) is 0 Å². The fourth-order valence-corrected chi connectivity index (χ4v) is 2.69. The second kappa shape index (κ2) is 8.10. The van der Waals surface area contributed by atoms with Crippen LogP contribution in [0.4, 0.5) is 5.69 Å². The van der Waals surface area contributed by atoms with E-state index >= 15 is 0 Å². The van der Waals surface area contributed by atoms with Crippen LogP contribution in [-0.4, -0.2) is 23.4 Å². The molecule has 0 radical (unpaired) electrons. The average Bonchev–Trinajstić information content (AvgIpc) is 2.47. The van der Waals surface area contributed by atoms with E-state index in [1.165, 1.54) is 12.1 Å². The van der Waals surface area contributed by atoms with Gasteiger partial charge < -0.3 is 10.6 Å². The van der Waals surface area contributed by atoms with Gasteiger partial charge in [-0.05, 0) is 38.8 Å². The first-order valence-electron chi connectivity index (χ1n) is 7.25. The van der Waals surface area contributed by atoms with Crippen molar-refractivity contribution in [3.05, 3.63) is 39.9 Å². The van der Waals surface area contributed by atoms with Gasteiger partial charge in [0.25, 0.3) is 5.69 Å². The molecule has 2 rings (SSSR count). The van der Waals surface area contributed by atoms with E-state index in [2.05, 4.69) is 17.6 Å². The van der Waals surface area contributed by atoms with Crippen molar-refractivity contribution < 1.29 is 9.72 Å². The topological polar surface area (TPSA) is 84.3 Å². The molecular weight excluding hydrogens is 306 g/mol. The molecule has 2 N–H and O–H groups in total. The van der Waals surface area contributed by atoms with E-state index in [0.29, 0.717) is 6.04 Å². The molecule has 0 saturated carbocycles. The Bertz CT molecular complexity index is 539. The van der Waals surface area contributed by atoms with Gasteiger partial charge in [0.05, 0.1) is 11.0 Å². The molecule has 1 aromatic rings. The number of rotatable bonds is 4. The predicted molar refractivity (Wildman–Crippen MR) is 87.1 cm³/mol. The van der Waals surface area contributed by atoms with Crippen molar-refractivity contribution >= 4 is 24.0 Å². The van der Waals surface area contributed by atoms with E-state index in [4.69, 9.17) is 0 Å². The molecular formula is C15H22ClN3O3. The predicted octanol–water partition coefficient (Wildman–Crippen LogP) is 2.58. The number of benzene rings is 1. The van der Waals surface area contributed by atoms with Crippen LogP contribution in [0.5, 0.6) is 0 Å². The van der Waals surface area contributed by atoms with Gasteiger partial charge in [0.15, 0.2) is 0 Å². The maximum Gasteiger partial charge on any atom is 0.269 e. The number of nitro groups is 1. The monoisotopic (exact) mass is 327 g/mol. The number of nitrogens with zero attached hydrogens (tertiary/aromatic N) is 1. The third kappa shape index (κ3) is 4.68. The van der Waals surface area contributed by atoms with Crippen LogP contribution in [0.1, 0.15) is 38.3 Å². The Hall–Kier alpha value is -1.66. The molecule has 0 spiro atoms. The van der Waals surface area contributed by atoms with Gasteiger partial charge in [0.2, 0.25) is 5.91 Å². The molecule has 1 saturated heterocycles. The SMILES string of the molecule is CC(NC(=O)[C@H]1CCN[C@@H](C)C1)c1cccc([N+](=O)[O-])c1.Cl. The molecule has 1 aliphatic rings. The van der Waals surface area contributed by atoms with Gasteiger partial charge in [-0.3, -0.25) is 14.9 Å². The number of nitrogens with one attached hydrogen (secondary N) is 2. The number of non-ortho nitro benzene ring substituents is 1. The van der Waals surface area contributed by atoms with E-state index in [9.17, 15) is 14.9 Å². The molecule has 6 nitrogen and oxygen atoms in total. The van der Waals surface area contributed by atoms with Gasteiger partial charge in [-0.15, -0.1) is 12.4 Å². The van der Waals surface area contributed by atoms with Crippen molar-refractivity contribution in [3.8, 4) is 0 Å². The lowest BCUT2D eigenvalue weighted by molar-refractivity contribution is -0.384. The first-order chi connectivity index (χ1) is 9.97. The second-order valence-electron chi connectivity index (χ2n) is 5.66. The average molecular weight is 328 g/mol. The fourth-order valence-electron chi connectivity index (χ4n) is 2.69. The number of amides is 1. The van der Waals surface area contributed by atoms with E-state index in [-0.39, 0.29) is 36.0 Å². The number of hydrogen-bond acceptors (Lipinski definition) is 4. The van der Waals surface area contributed by atoms with Crippen molar-refractivity contribution in [2.24, 2.45) is 5.92 Å². The zero-order valence-corrected chi connectivity index (χ0v) is 13.6. The lowest BCUT2D eigenvalue weighted by atomic mass is 9.92. The largest absolute Gasteiger partial charge is 0.349 e. The summed E-state index contributed by atoms with van der Waals surface area (Å²) in [5, 5.41) is 17.1. The van der Waals surface area contributed by atoms with E-state index in [0.717, 1.165) is 24.9 Å². The van der Waals surface area contributed by atoms with Crippen LogP contribution in [-0.2, 0) is 4.79 Å². The number of nitro benzene ring substituents is 1. The Morgan fingerprint density at radius 2 is 2.23 bits per heavy atom. The molecule has 0 bridgehead atoms. The van der Waals surface area contributed by atoms with Gasteiger partial charge in [-0.1, -0.05) is 12.1 Å². The van der Waals surface area contributed by atoms with Crippen LogP contribution in [0.15, 0.2) is 24.3 Å². The fraction of sp³-hybridized carbons (Fsp3) is 0.533. The summed E-state index contributed by atoms with van der Waals surface area (Å²) in [7, 11) is 0. The van der Waals surface area contributed by atoms with Crippen molar-refractivity contribution in [3.63, 3.8) is 0 Å². The van der Waals surface area contributed by atoms with Crippen LogP contribution in [0.2, 0.25) is 0 Å². The molecule has 1 aromatic carbocycles. The normalized spacial score (nSPS) is 22.3. The molecule has 0 aromatic heterocycles. The highest BCUT2D eigenvalue weighted by Gasteiger charge is 2.25. The van der Waals surface area contributed by atoms with Crippen LogP contribution < -0.4 is 10.6 Å². The highest BCUT2D eigenvalue weighted by atomic mass is 35.5. The van der Waals surface area contributed by atoms with Crippen molar-refractivity contribution in [2.75, 3.05) is 6.54 Å². The maximum atomic E-state index is 12.3. The molecule has 1 unspecified atom stereocenters. The molecule has 1 aliphatic heterocycles. The number of piperidine rings is 1. The molecule has 3 atom stereocenters. The third-order valence-electron chi connectivity index (χ3n) is 3.93. The van der Waals surface area contributed by atoms with Crippen molar-refractivity contribution in [1.82, 2.24) is 10.6 Å².